The van der Waals surface area contributed by atoms with Gasteiger partial charge in [-0.05, 0) is 45.0 Å². The highest BCUT2D eigenvalue weighted by molar-refractivity contribution is 5.92. The van der Waals surface area contributed by atoms with Crippen LogP contribution in [0.1, 0.15) is 43.6 Å². The Morgan fingerprint density at radius 3 is 2.35 bits per heavy atom. The van der Waals surface area contributed by atoms with E-state index in [0.717, 1.165) is 0 Å². The van der Waals surface area contributed by atoms with Crippen LogP contribution in [0.5, 0.6) is 0 Å². The molecule has 0 amide bonds. The second kappa shape index (κ2) is 8.85. The van der Waals surface area contributed by atoms with Gasteiger partial charge in [-0.15, -0.1) is 0 Å². The zero-order chi connectivity index (χ0) is 24.7. The number of nitriles is 2. The van der Waals surface area contributed by atoms with Crippen LogP contribution >= 0.6 is 0 Å². The Hall–Kier alpha value is -3.82. The van der Waals surface area contributed by atoms with E-state index in [9.17, 15) is 24.1 Å². The van der Waals surface area contributed by atoms with Gasteiger partial charge in [-0.25, -0.2) is 13.8 Å². The van der Waals surface area contributed by atoms with E-state index in [1.54, 1.807) is 20.0 Å². The Morgan fingerprint density at radius 1 is 1.06 bits per heavy atom. The zero-order valence-electron chi connectivity index (χ0n) is 19.4. The minimum atomic E-state index is -0.590. The van der Waals surface area contributed by atoms with E-state index in [1.165, 1.54) is 28.8 Å². The lowest BCUT2D eigenvalue weighted by atomic mass is 9.98. The van der Waals surface area contributed by atoms with Crippen molar-refractivity contribution in [2.75, 3.05) is 18.0 Å². The molecule has 1 aromatic carbocycles. The molecule has 1 saturated heterocycles. The SMILES string of the molecule is CC1CN(C(C)c2c(F)cccc2F)[C@H](C)CN1c1c(C#N)c(=O)n(C)c2ccc(C#N)nc12. The summed E-state index contributed by atoms with van der Waals surface area (Å²) in [6.07, 6.45) is 0. The summed E-state index contributed by atoms with van der Waals surface area (Å²) in [5.41, 5.74) is 1.02. The average molecular weight is 463 g/mol. The quantitative estimate of drug-likeness (QED) is 0.591. The standard InChI is InChI=1S/C25H24F2N6O/c1-14-13-33(15(2)12-32(14)16(3)22-19(26)6-5-7-20(22)27)24-18(11-29)25(34)31(4)21-9-8-17(10-28)30-23(21)24/h5-9,14-16H,12-13H2,1-4H3/t14-,15?,16?/m1/s1. The average Bonchev–Trinajstić information content (AvgIpc) is 2.82. The molecule has 0 bridgehead atoms. The molecule has 2 aromatic heterocycles. The molecule has 0 aliphatic carbocycles. The normalized spacial score (nSPS) is 19.6. The summed E-state index contributed by atoms with van der Waals surface area (Å²) in [5, 5.41) is 19.2. The number of rotatable bonds is 3. The summed E-state index contributed by atoms with van der Waals surface area (Å²) in [6, 6.07) is 10.2. The van der Waals surface area contributed by atoms with Crippen molar-refractivity contribution >= 4 is 16.7 Å². The summed E-state index contributed by atoms with van der Waals surface area (Å²) >= 11 is 0. The van der Waals surface area contributed by atoms with Crippen molar-refractivity contribution in [1.82, 2.24) is 14.5 Å². The Morgan fingerprint density at radius 2 is 1.74 bits per heavy atom. The van der Waals surface area contributed by atoms with Crippen molar-refractivity contribution in [2.24, 2.45) is 7.05 Å². The largest absolute Gasteiger partial charge is 0.363 e. The second-order valence-corrected chi connectivity index (χ2v) is 8.73. The van der Waals surface area contributed by atoms with Gasteiger partial charge >= 0.3 is 0 Å². The number of anilines is 1. The van der Waals surface area contributed by atoms with Gasteiger partial charge in [-0.1, -0.05) is 6.07 Å². The maximum Gasteiger partial charge on any atom is 0.270 e. The van der Waals surface area contributed by atoms with E-state index < -0.39 is 23.2 Å². The first-order valence-electron chi connectivity index (χ1n) is 11.0. The molecule has 0 radical (unpaired) electrons. The summed E-state index contributed by atoms with van der Waals surface area (Å²) in [4.78, 5) is 21.4. The van der Waals surface area contributed by atoms with Gasteiger partial charge < -0.3 is 9.47 Å². The van der Waals surface area contributed by atoms with Gasteiger partial charge in [0.05, 0.1) is 11.2 Å². The fourth-order valence-electron chi connectivity index (χ4n) is 4.92. The van der Waals surface area contributed by atoms with E-state index >= 15 is 0 Å². The van der Waals surface area contributed by atoms with Crippen LogP contribution in [-0.4, -0.2) is 39.6 Å². The van der Waals surface area contributed by atoms with Gasteiger partial charge in [0.15, 0.2) is 0 Å². The summed E-state index contributed by atoms with van der Waals surface area (Å²) in [5.74, 6) is -1.18. The monoisotopic (exact) mass is 462 g/mol. The highest BCUT2D eigenvalue weighted by Crippen LogP contribution is 2.35. The van der Waals surface area contributed by atoms with Crippen LogP contribution in [0.4, 0.5) is 14.5 Å². The first-order chi connectivity index (χ1) is 16.2. The molecule has 0 spiro atoms. The minimum absolute atomic E-state index is 0.0204. The van der Waals surface area contributed by atoms with Crippen molar-refractivity contribution in [1.29, 1.82) is 10.5 Å². The van der Waals surface area contributed by atoms with Crippen LogP contribution in [0.2, 0.25) is 0 Å². The molecule has 3 atom stereocenters. The predicted molar refractivity (Wildman–Crippen MR) is 124 cm³/mol. The molecule has 2 unspecified atom stereocenters. The van der Waals surface area contributed by atoms with Gasteiger partial charge in [0.25, 0.3) is 5.56 Å². The van der Waals surface area contributed by atoms with Crippen LogP contribution in [0.15, 0.2) is 35.1 Å². The number of pyridine rings is 2. The maximum absolute atomic E-state index is 14.5. The van der Waals surface area contributed by atoms with Crippen molar-refractivity contribution < 1.29 is 8.78 Å². The van der Waals surface area contributed by atoms with Crippen LogP contribution in [0.25, 0.3) is 11.0 Å². The molecule has 1 fully saturated rings. The van der Waals surface area contributed by atoms with Crippen LogP contribution in [0.3, 0.4) is 0 Å². The molecule has 174 valence electrons. The third-order valence-electron chi connectivity index (χ3n) is 6.68. The zero-order valence-corrected chi connectivity index (χ0v) is 19.4. The van der Waals surface area contributed by atoms with Crippen molar-refractivity contribution in [3.63, 3.8) is 0 Å². The highest BCUT2D eigenvalue weighted by Gasteiger charge is 2.36. The summed E-state index contributed by atoms with van der Waals surface area (Å²) < 4.78 is 30.3. The Kier molecular flexibility index (Phi) is 6.07. The van der Waals surface area contributed by atoms with E-state index in [2.05, 4.69) is 4.98 Å². The molecule has 9 heteroatoms. The molecule has 0 N–H and O–H groups in total. The molecule has 1 aliphatic rings. The van der Waals surface area contributed by atoms with E-state index in [1.807, 2.05) is 35.8 Å². The number of hydrogen-bond donors (Lipinski definition) is 0. The van der Waals surface area contributed by atoms with Gasteiger partial charge in [-0.3, -0.25) is 9.69 Å². The van der Waals surface area contributed by atoms with Gasteiger partial charge in [0, 0.05) is 43.8 Å². The predicted octanol–water partition coefficient (Wildman–Crippen LogP) is 3.62. The number of aryl methyl sites for hydroxylation is 1. The van der Waals surface area contributed by atoms with Crippen LogP contribution in [-0.2, 0) is 7.05 Å². The Bertz CT molecular complexity index is 1400. The fraction of sp³-hybridized carbons (Fsp3) is 0.360. The van der Waals surface area contributed by atoms with E-state index in [-0.39, 0.29) is 28.9 Å². The number of nitrogens with zero attached hydrogens (tertiary/aromatic N) is 6. The summed E-state index contributed by atoms with van der Waals surface area (Å²) in [7, 11) is 1.57. The van der Waals surface area contributed by atoms with Crippen molar-refractivity contribution in [2.45, 2.75) is 38.9 Å². The third-order valence-corrected chi connectivity index (χ3v) is 6.68. The van der Waals surface area contributed by atoms with Gasteiger partial charge in [0.2, 0.25) is 0 Å². The Labute approximate surface area is 196 Å². The molecule has 7 nitrogen and oxygen atoms in total. The second-order valence-electron chi connectivity index (χ2n) is 8.73. The van der Waals surface area contributed by atoms with Crippen LogP contribution < -0.4 is 10.5 Å². The molecule has 4 rings (SSSR count). The Balaban J connectivity index is 1.80. The molecular weight excluding hydrogens is 438 g/mol. The molecule has 3 aromatic rings. The maximum atomic E-state index is 14.5. The number of benzene rings is 1. The van der Waals surface area contributed by atoms with E-state index in [4.69, 9.17) is 0 Å². The smallest absolute Gasteiger partial charge is 0.270 e. The third kappa shape index (κ3) is 3.68. The number of hydrogen-bond acceptors (Lipinski definition) is 6. The minimum Gasteiger partial charge on any atom is -0.363 e. The number of aromatic nitrogens is 2. The number of piperazine rings is 1. The number of fused-ring (bicyclic) bond motifs is 1. The molecule has 34 heavy (non-hydrogen) atoms. The van der Waals surface area contributed by atoms with Crippen LogP contribution in [0, 0.1) is 34.3 Å². The first-order valence-corrected chi connectivity index (χ1v) is 11.0. The van der Waals surface area contributed by atoms with Crippen molar-refractivity contribution in [3.8, 4) is 12.1 Å². The highest BCUT2D eigenvalue weighted by atomic mass is 19.1. The van der Waals surface area contributed by atoms with Gasteiger partial charge in [0.1, 0.15) is 40.5 Å². The molecule has 1 aliphatic heterocycles. The lowest BCUT2D eigenvalue weighted by Crippen LogP contribution is -2.57. The fourth-order valence-corrected chi connectivity index (χ4v) is 4.92. The molecule has 3 heterocycles. The lowest BCUT2D eigenvalue weighted by molar-refractivity contribution is 0.115. The molecular formula is C25H24F2N6O. The first kappa shape index (κ1) is 23.3. The number of halogens is 2. The van der Waals surface area contributed by atoms with Crippen molar-refractivity contribution in [3.05, 3.63) is 69.1 Å². The topological polar surface area (TPSA) is 89.0 Å². The van der Waals surface area contributed by atoms with E-state index in [0.29, 0.717) is 29.8 Å². The summed E-state index contributed by atoms with van der Waals surface area (Å²) in [6.45, 7) is 6.49. The lowest BCUT2D eigenvalue weighted by Gasteiger charge is -2.48. The molecule has 0 saturated carbocycles. The van der Waals surface area contributed by atoms with Gasteiger partial charge in [-0.2, -0.15) is 10.5 Å².